The summed E-state index contributed by atoms with van der Waals surface area (Å²) in [7, 11) is 2.00. The van der Waals surface area contributed by atoms with Crippen LogP contribution in [0.3, 0.4) is 0 Å². The highest BCUT2D eigenvalue weighted by molar-refractivity contribution is 5.90. The van der Waals surface area contributed by atoms with Crippen LogP contribution in [-0.2, 0) is 19.3 Å². The minimum absolute atomic E-state index is 0.0549. The van der Waals surface area contributed by atoms with Crippen LogP contribution in [0.4, 0.5) is 23.7 Å². The number of alkyl halides is 3. The molecule has 13 heteroatoms. The van der Waals surface area contributed by atoms with Crippen LogP contribution in [-0.4, -0.2) is 75.5 Å². The number of piperazine rings is 1. The maximum atomic E-state index is 14.1. The third-order valence-electron chi connectivity index (χ3n) is 8.44. The van der Waals surface area contributed by atoms with E-state index in [1.54, 1.807) is 29.4 Å². The fourth-order valence-corrected chi connectivity index (χ4v) is 5.93. The van der Waals surface area contributed by atoms with Crippen molar-refractivity contribution in [3.63, 3.8) is 0 Å². The van der Waals surface area contributed by atoms with Crippen LogP contribution in [0.5, 0.6) is 11.5 Å². The molecule has 2 aliphatic rings. The normalized spacial score (nSPS) is 17.6. The monoisotopic (exact) mass is 618 g/mol. The first kappa shape index (κ1) is 30.4. The van der Waals surface area contributed by atoms with Crippen LogP contribution in [0.25, 0.3) is 11.0 Å². The molecule has 45 heavy (non-hydrogen) atoms. The summed E-state index contributed by atoms with van der Waals surface area (Å²) < 4.78 is 48.5. The number of hydrogen-bond donors (Lipinski definition) is 2. The summed E-state index contributed by atoms with van der Waals surface area (Å²) in [6.07, 6.45) is -0.638. The Balaban J connectivity index is 1.19. The fraction of sp³-hybridized carbons (Fsp3) is 0.375. The molecule has 3 aromatic heterocycles. The Morgan fingerprint density at radius 1 is 1.16 bits per heavy atom. The molecule has 6 rings (SSSR count). The van der Waals surface area contributed by atoms with E-state index in [0.29, 0.717) is 54.3 Å². The van der Waals surface area contributed by atoms with Crippen LogP contribution >= 0.6 is 0 Å². The number of hydrogen-bond acceptors (Lipinski definition) is 7. The predicted octanol–water partition coefficient (Wildman–Crippen LogP) is 5.93. The second-order valence-electron chi connectivity index (χ2n) is 11.5. The van der Waals surface area contributed by atoms with E-state index < -0.39 is 17.8 Å². The maximum absolute atomic E-state index is 14.1. The van der Waals surface area contributed by atoms with E-state index in [2.05, 4.69) is 31.2 Å². The number of anilines is 1. The highest BCUT2D eigenvalue weighted by atomic mass is 19.4. The van der Waals surface area contributed by atoms with Crippen molar-refractivity contribution in [2.24, 2.45) is 0 Å². The number of nitrogens with one attached hydrogen (secondary N) is 2. The Kier molecular flexibility index (Phi) is 8.35. The average molecular weight is 619 g/mol. The number of rotatable bonds is 6. The first-order chi connectivity index (χ1) is 21.6. The molecule has 1 aromatic carbocycles. The van der Waals surface area contributed by atoms with Crippen LogP contribution in [0.1, 0.15) is 47.3 Å². The number of amides is 2. The molecule has 2 amide bonds. The summed E-state index contributed by atoms with van der Waals surface area (Å²) in [5, 5.41) is 12.6. The Morgan fingerprint density at radius 3 is 2.69 bits per heavy atom. The van der Waals surface area contributed by atoms with Crippen molar-refractivity contribution in [1.82, 2.24) is 29.7 Å². The molecule has 0 radical (unpaired) electrons. The van der Waals surface area contributed by atoms with Crippen molar-refractivity contribution in [2.45, 2.75) is 38.5 Å². The average Bonchev–Trinajstić information content (AvgIpc) is 3.46. The van der Waals surface area contributed by atoms with Gasteiger partial charge in [-0.3, -0.25) is 9.88 Å². The van der Waals surface area contributed by atoms with Crippen LogP contribution in [0.15, 0.2) is 48.8 Å². The predicted molar refractivity (Wildman–Crippen MR) is 162 cm³/mol. The molecule has 10 nitrogen and oxygen atoms in total. The number of benzene rings is 1. The molecule has 1 fully saturated rings. The van der Waals surface area contributed by atoms with Crippen molar-refractivity contribution in [1.29, 1.82) is 5.26 Å². The number of H-pyrrole nitrogens is 1. The van der Waals surface area contributed by atoms with Gasteiger partial charge in [0.1, 0.15) is 28.9 Å². The van der Waals surface area contributed by atoms with E-state index in [1.165, 1.54) is 12.1 Å². The number of fused-ring (bicyclic) bond motifs is 2. The molecule has 5 heterocycles. The van der Waals surface area contributed by atoms with E-state index in [1.807, 2.05) is 24.9 Å². The van der Waals surface area contributed by atoms with E-state index >= 15 is 0 Å². The number of carbonyl (C=O) groups is 1. The number of carbonyl (C=O) groups excluding carboxylic acids is 1. The van der Waals surface area contributed by atoms with Crippen molar-refractivity contribution >= 4 is 22.8 Å². The first-order valence-corrected chi connectivity index (χ1v) is 14.8. The fourth-order valence-electron chi connectivity index (χ4n) is 5.93. The smallest absolute Gasteiger partial charge is 0.416 e. The van der Waals surface area contributed by atoms with Gasteiger partial charge in [0.2, 0.25) is 0 Å². The zero-order valence-electron chi connectivity index (χ0n) is 25.0. The minimum Gasteiger partial charge on any atom is -0.455 e. The van der Waals surface area contributed by atoms with Gasteiger partial charge in [0.05, 0.1) is 22.8 Å². The molecular weight excluding hydrogens is 585 g/mol. The number of aromatic nitrogens is 3. The van der Waals surface area contributed by atoms with Crippen molar-refractivity contribution in [3.8, 4) is 17.6 Å². The van der Waals surface area contributed by atoms with Gasteiger partial charge in [-0.05, 0) is 54.9 Å². The minimum atomic E-state index is -4.56. The Hall–Kier alpha value is -4.67. The zero-order chi connectivity index (χ0) is 31.7. The lowest BCUT2D eigenvalue weighted by molar-refractivity contribution is -0.138. The van der Waals surface area contributed by atoms with E-state index in [9.17, 15) is 23.2 Å². The summed E-state index contributed by atoms with van der Waals surface area (Å²) in [5.74, 6) is 0.887. The lowest BCUT2D eigenvalue weighted by atomic mass is 9.92. The summed E-state index contributed by atoms with van der Waals surface area (Å²) in [4.78, 5) is 31.0. The Bertz CT molecular complexity index is 1760. The van der Waals surface area contributed by atoms with Crippen LogP contribution < -0.4 is 10.1 Å². The number of urea groups is 1. The summed E-state index contributed by atoms with van der Waals surface area (Å²) in [6, 6.07) is 10.8. The lowest BCUT2D eigenvalue weighted by Crippen LogP contribution is -2.44. The topological polar surface area (TPSA) is 113 Å². The molecule has 0 unspecified atom stereocenters. The summed E-state index contributed by atoms with van der Waals surface area (Å²) >= 11 is 0. The molecule has 4 aromatic rings. The highest BCUT2D eigenvalue weighted by Gasteiger charge is 2.35. The SMILES string of the molecule is CC[C@H]1CN(C(=O)Nc2ccc(CN3CCN(C)CC3)c(C(F)(F)F)c2)Cc2cc(Oc3ccnc4[nH]c(C#N)cc34)cnc21. The van der Waals surface area contributed by atoms with E-state index in [4.69, 9.17) is 4.74 Å². The van der Waals surface area contributed by atoms with Crippen molar-refractivity contribution in [2.75, 3.05) is 45.1 Å². The third kappa shape index (κ3) is 6.57. The van der Waals surface area contributed by atoms with Gasteiger partial charge in [0, 0.05) is 63.6 Å². The van der Waals surface area contributed by atoms with Crippen LogP contribution in [0, 0.1) is 11.3 Å². The number of ether oxygens (including phenoxy) is 1. The molecule has 2 aliphatic heterocycles. The van der Waals surface area contributed by atoms with Gasteiger partial charge in [-0.1, -0.05) is 13.0 Å². The number of nitrogens with zero attached hydrogens (tertiary/aromatic N) is 6. The lowest BCUT2D eigenvalue weighted by Gasteiger charge is -2.34. The van der Waals surface area contributed by atoms with Crippen molar-refractivity contribution < 1.29 is 22.7 Å². The number of pyridine rings is 2. The third-order valence-corrected chi connectivity index (χ3v) is 8.44. The van der Waals surface area contributed by atoms with Gasteiger partial charge in [-0.25, -0.2) is 9.78 Å². The molecule has 234 valence electrons. The van der Waals surface area contributed by atoms with Gasteiger partial charge in [0.25, 0.3) is 0 Å². The number of halogens is 3. The molecule has 0 spiro atoms. The van der Waals surface area contributed by atoms with Gasteiger partial charge in [-0.2, -0.15) is 18.4 Å². The van der Waals surface area contributed by atoms with Crippen LogP contribution in [0.2, 0.25) is 0 Å². The second kappa shape index (κ2) is 12.4. The Morgan fingerprint density at radius 2 is 1.96 bits per heavy atom. The molecule has 0 aliphatic carbocycles. The maximum Gasteiger partial charge on any atom is 0.416 e. The van der Waals surface area contributed by atoms with Crippen molar-refractivity contribution in [3.05, 3.63) is 76.9 Å². The molecule has 1 saturated heterocycles. The molecule has 2 N–H and O–H groups in total. The largest absolute Gasteiger partial charge is 0.455 e. The van der Waals surface area contributed by atoms with Gasteiger partial charge >= 0.3 is 12.2 Å². The van der Waals surface area contributed by atoms with E-state index in [0.717, 1.165) is 30.4 Å². The van der Waals surface area contributed by atoms with Gasteiger partial charge in [-0.15, -0.1) is 0 Å². The highest BCUT2D eigenvalue weighted by Crippen LogP contribution is 2.36. The first-order valence-electron chi connectivity index (χ1n) is 14.8. The number of aromatic amines is 1. The molecule has 0 saturated carbocycles. The standard InChI is InChI=1S/C32H33F3N8O2/c1-3-20-18-43(19-22-12-25(16-38-29(20)22)45-28-6-7-37-30-26(28)13-24(15-36)39-30)31(44)40-23-5-4-21(27(14-23)32(33,34)35)17-42-10-8-41(2)9-11-42/h4-7,12-14,16,20H,3,8-11,17-19H2,1-2H3,(H,37,39)(H,40,44)/t20-/m0/s1. The van der Waals surface area contributed by atoms with Gasteiger partial charge < -0.3 is 24.8 Å². The molecule has 1 atom stereocenters. The second-order valence-corrected chi connectivity index (χ2v) is 11.5. The zero-order valence-corrected chi connectivity index (χ0v) is 25.0. The molecular formula is C32H33F3N8O2. The summed E-state index contributed by atoms with van der Waals surface area (Å²) in [6.45, 7) is 5.80. The van der Waals surface area contributed by atoms with Gasteiger partial charge in [0.15, 0.2) is 0 Å². The number of likely N-dealkylation sites (N-methyl/N-ethyl adjacent to an activating group) is 1. The van der Waals surface area contributed by atoms with E-state index in [-0.39, 0.29) is 30.3 Å². The number of nitriles is 1. The molecule has 0 bridgehead atoms. The Labute approximate surface area is 258 Å². The summed E-state index contributed by atoms with van der Waals surface area (Å²) in [5.41, 5.74) is 2.06. The quantitative estimate of drug-likeness (QED) is 0.276.